The summed E-state index contributed by atoms with van der Waals surface area (Å²) in [6.07, 6.45) is 2.64. The minimum atomic E-state index is 0.215. The maximum absolute atomic E-state index is 6.63. The van der Waals surface area contributed by atoms with Crippen LogP contribution in [0.2, 0.25) is 10.0 Å². The van der Waals surface area contributed by atoms with Gasteiger partial charge in [0.05, 0.1) is 17.8 Å². The molecule has 0 saturated heterocycles. The van der Waals surface area contributed by atoms with Gasteiger partial charge in [0.1, 0.15) is 5.75 Å². The second kappa shape index (κ2) is 7.10. The Morgan fingerprint density at radius 1 is 1.22 bits per heavy atom. The van der Waals surface area contributed by atoms with Gasteiger partial charge in [0.15, 0.2) is 0 Å². The first-order chi connectivity index (χ1) is 13.0. The van der Waals surface area contributed by atoms with Gasteiger partial charge in [-0.15, -0.1) is 0 Å². The number of nitrogen functional groups attached to an aromatic ring is 1. The molecule has 1 aliphatic rings. The SMILES string of the molecule is COc1cc(C)c(Cl)c([C@H]2CCc3c(-c4ccccc4N)n[nH]c3C2)c1Cl. The maximum atomic E-state index is 6.63. The molecular weight excluding hydrogens is 381 g/mol. The average Bonchev–Trinajstić information content (AvgIpc) is 3.08. The van der Waals surface area contributed by atoms with Gasteiger partial charge in [-0.1, -0.05) is 41.4 Å². The highest BCUT2D eigenvalue weighted by Gasteiger charge is 2.29. The zero-order valence-electron chi connectivity index (χ0n) is 15.3. The van der Waals surface area contributed by atoms with Crippen molar-refractivity contribution in [1.82, 2.24) is 10.2 Å². The van der Waals surface area contributed by atoms with Crippen molar-refractivity contribution in [3.63, 3.8) is 0 Å². The van der Waals surface area contributed by atoms with Gasteiger partial charge in [-0.3, -0.25) is 5.10 Å². The molecule has 0 fully saturated rings. The molecule has 1 aromatic heterocycles. The van der Waals surface area contributed by atoms with Crippen LogP contribution in [0.5, 0.6) is 5.75 Å². The van der Waals surface area contributed by atoms with Crippen molar-refractivity contribution in [2.75, 3.05) is 12.8 Å². The van der Waals surface area contributed by atoms with Crippen LogP contribution in [0.4, 0.5) is 5.69 Å². The number of para-hydroxylation sites is 1. The molecule has 1 aliphatic carbocycles. The van der Waals surface area contributed by atoms with Gasteiger partial charge < -0.3 is 10.5 Å². The van der Waals surface area contributed by atoms with Crippen molar-refractivity contribution in [3.05, 3.63) is 62.8 Å². The molecule has 140 valence electrons. The minimum absolute atomic E-state index is 0.215. The van der Waals surface area contributed by atoms with Crippen LogP contribution in [0.15, 0.2) is 30.3 Å². The van der Waals surface area contributed by atoms with E-state index in [2.05, 4.69) is 10.2 Å². The monoisotopic (exact) mass is 401 g/mol. The van der Waals surface area contributed by atoms with Gasteiger partial charge in [0, 0.05) is 27.5 Å². The topological polar surface area (TPSA) is 63.9 Å². The lowest BCUT2D eigenvalue weighted by molar-refractivity contribution is 0.413. The maximum Gasteiger partial charge on any atom is 0.138 e. The normalized spacial score (nSPS) is 16.2. The van der Waals surface area contributed by atoms with E-state index >= 15 is 0 Å². The molecule has 3 aromatic rings. The summed E-state index contributed by atoms with van der Waals surface area (Å²) in [5, 5.41) is 9.10. The Kier molecular flexibility index (Phi) is 4.79. The fraction of sp³-hybridized carbons (Fsp3) is 0.286. The molecule has 3 N–H and O–H groups in total. The standard InChI is InChI=1S/C21H21Cl2N3O/c1-11-9-17(27-2)20(23)18(19(11)22)12-7-8-14-16(10-12)25-26-21(14)13-5-3-4-6-15(13)24/h3-6,9,12H,7-8,10,24H2,1-2H3,(H,25,26)/t12-/m0/s1. The number of methoxy groups -OCH3 is 1. The fourth-order valence-electron chi connectivity index (χ4n) is 3.96. The Morgan fingerprint density at radius 2 is 2.00 bits per heavy atom. The number of hydrogen-bond donors (Lipinski definition) is 2. The Bertz CT molecular complexity index is 1010. The van der Waals surface area contributed by atoms with Crippen LogP contribution < -0.4 is 10.5 Å². The van der Waals surface area contributed by atoms with Gasteiger partial charge in [-0.05, 0) is 55.4 Å². The van der Waals surface area contributed by atoms with Gasteiger partial charge in [0.25, 0.3) is 0 Å². The summed E-state index contributed by atoms with van der Waals surface area (Å²) in [5.74, 6) is 0.884. The van der Waals surface area contributed by atoms with E-state index in [1.54, 1.807) is 7.11 Å². The van der Waals surface area contributed by atoms with Crippen LogP contribution in [0, 0.1) is 6.92 Å². The van der Waals surface area contributed by atoms with Gasteiger partial charge in [0.2, 0.25) is 0 Å². The fourth-order valence-corrected chi connectivity index (χ4v) is 4.69. The number of fused-ring (bicyclic) bond motifs is 1. The molecule has 4 nitrogen and oxygen atoms in total. The molecule has 6 heteroatoms. The smallest absolute Gasteiger partial charge is 0.138 e. The number of nitrogens with two attached hydrogens (primary N) is 1. The number of aryl methyl sites for hydroxylation is 1. The summed E-state index contributed by atoms with van der Waals surface area (Å²) in [4.78, 5) is 0. The van der Waals surface area contributed by atoms with E-state index in [-0.39, 0.29) is 5.92 Å². The molecule has 1 heterocycles. The number of aromatic nitrogens is 2. The second-order valence-electron chi connectivity index (χ2n) is 6.99. The zero-order chi connectivity index (χ0) is 19.1. The van der Waals surface area contributed by atoms with Crippen LogP contribution >= 0.6 is 23.2 Å². The van der Waals surface area contributed by atoms with E-state index in [4.69, 9.17) is 33.7 Å². The number of nitrogens with one attached hydrogen (secondary N) is 1. The molecule has 0 bridgehead atoms. The van der Waals surface area contributed by atoms with E-state index in [9.17, 15) is 0 Å². The molecule has 0 amide bonds. The van der Waals surface area contributed by atoms with E-state index in [1.807, 2.05) is 37.3 Å². The number of aromatic amines is 1. The summed E-state index contributed by atoms with van der Waals surface area (Å²) in [5.41, 5.74) is 13.1. The number of rotatable bonds is 3. The van der Waals surface area contributed by atoms with E-state index in [1.165, 1.54) is 5.56 Å². The van der Waals surface area contributed by atoms with Crippen LogP contribution in [-0.4, -0.2) is 17.3 Å². The minimum Gasteiger partial charge on any atom is -0.495 e. The Morgan fingerprint density at radius 3 is 2.74 bits per heavy atom. The summed E-state index contributed by atoms with van der Waals surface area (Å²) in [7, 11) is 1.63. The third-order valence-corrected chi connectivity index (χ3v) is 6.26. The number of hydrogen-bond acceptors (Lipinski definition) is 3. The molecule has 0 spiro atoms. The van der Waals surface area contributed by atoms with E-state index in [0.29, 0.717) is 10.8 Å². The summed E-state index contributed by atoms with van der Waals surface area (Å²) in [6.45, 7) is 1.98. The highest BCUT2D eigenvalue weighted by Crippen LogP contribution is 2.45. The van der Waals surface area contributed by atoms with Crippen molar-refractivity contribution in [2.45, 2.75) is 32.1 Å². The van der Waals surface area contributed by atoms with Crippen molar-refractivity contribution >= 4 is 28.9 Å². The molecule has 4 rings (SSSR count). The molecule has 2 aromatic carbocycles. The lowest BCUT2D eigenvalue weighted by Crippen LogP contribution is -2.14. The van der Waals surface area contributed by atoms with Gasteiger partial charge in [-0.25, -0.2) is 0 Å². The number of H-pyrrole nitrogens is 1. The van der Waals surface area contributed by atoms with Crippen LogP contribution in [0.25, 0.3) is 11.3 Å². The molecule has 0 unspecified atom stereocenters. The highest BCUT2D eigenvalue weighted by molar-refractivity contribution is 6.37. The number of anilines is 1. The highest BCUT2D eigenvalue weighted by atomic mass is 35.5. The average molecular weight is 402 g/mol. The van der Waals surface area contributed by atoms with Gasteiger partial charge in [-0.2, -0.15) is 5.10 Å². The summed E-state index contributed by atoms with van der Waals surface area (Å²) < 4.78 is 5.43. The second-order valence-corrected chi connectivity index (χ2v) is 7.75. The predicted octanol–water partition coefficient (Wildman–Crippen LogP) is 5.56. The van der Waals surface area contributed by atoms with Crippen LogP contribution in [-0.2, 0) is 12.8 Å². The molecule has 1 atom stereocenters. The third-order valence-electron chi connectivity index (χ3n) is 5.37. The molecule has 0 radical (unpaired) electrons. The van der Waals surface area contributed by atoms with Crippen molar-refractivity contribution in [3.8, 4) is 17.0 Å². The first kappa shape index (κ1) is 18.2. The van der Waals surface area contributed by atoms with Crippen molar-refractivity contribution < 1.29 is 4.74 Å². The van der Waals surface area contributed by atoms with Crippen molar-refractivity contribution in [2.24, 2.45) is 0 Å². The lowest BCUT2D eigenvalue weighted by Gasteiger charge is -2.26. The summed E-state index contributed by atoms with van der Waals surface area (Å²) in [6, 6.07) is 9.71. The van der Waals surface area contributed by atoms with E-state index < -0.39 is 0 Å². The zero-order valence-corrected chi connectivity index (χ0v) is 16.8. The van der Waals surface area contributed by atoms with E-state index in [0.717, 1.165) is 58.1 Å². The Hall–Kier alpha value is -2.17. The van der Waals surface area contributed by atoms with Crippen molar-refractivity contribution in [1.29, 1.82) is 0 Å². The van der Waals surface area contributed by atoms with Crippen LogP contribution in [0.1, 0.15) is 34.7 Å². The number of ether oxygens (including phenoxy) is 1. The Labute approximate surface area is 168 Å². The molecular formula is C21H21Cl2N3O. The number of nitrogens with zero attached hydrogens (tertiary/aromatic N) is 1. The predicted molar refractivity (Wildman–Crippen MR) is 111 cm³/mol. The molecule has 27 heavy (non-hydrogen) atoms. The molecule has 0 saturated carbocycles. The van der Waals surface area contributed by atoms with Crippen LogP contribution in [0.3, 0.4) is 0 Å². The number of halogens is 2. The number of benzene rings is 2. The molecule has 0 aliphatic heterocycles. The summed E-state index contributed by atoms with van der Waals surface area (Å²) >= 11 is 13.2. The Balaban J connectivity index is 1.72. The lowest BCUT2D eigenvalue weighted by atomic mass is 9.81. The quantitative estimate of drug-likeness (QED) is 0.564. The van der Waals surface area contributed by atoms with Gasteiger partial charge >= 0.3 is 0 Å². The third kappa shape index (κ3) is 3.07. The largest absolute Gasteiger partial charge is 0.495 e. The first-order valence-electron chi connectivity index (χ1n) is 8.94. The first-order valence-corrected chi connectivity index (χ1v) is 9.70.